The molecule has 0 bridgehead atoms. The summed E-state index contributed by atoms with van der Waals surface area (Å²) >= 11 is 0. The number of benzene rings is 1. The fourth-order valence-electron chi connectivity index (χ4n) is 3.58. The van der Waals surface area contributed by atoms with Crippen molar-refractivity contribution in [2.24, 2.45) is 4.99 Å². The number of guanidine groups is 1. The van der Waals surface area contributed by atoms with Gasteiger partial charge in [0.05, 0.1) is 23.0 Å². The molecule has 30 heavy (non-hydrogen) atoms. The Labute approximate surface area is 178 Å². The number of rotatable bonds is 7. The first-order chi connectivity index (χ1) is 14.3. The molecule has 0 amide bonds. The van der Waals surface area contributed by atoms with Crippen molar-refractivity contribution in [3.8, 4) is 5.69 Å². The van der Waals surface area contributed by atoms with Crippen molar-refractivity contribution in [1.82, 2.24) is 20.4 Å². The minimum Gasteiger partial charge on any atom is -0.381 e. The van der Waals surface area contributed by atoms with Gasteiger partial charge in [0, 0.05) is 38.4 Å². The van der Waals surface area contributed by atoms with Crippen LogP contribution in [0.4, 0.5) is 0 Å². The standard InChI is InChI=1S/C21H31N5O3S/c1-4-22-20(23-16-21(30(3,27)28)9-13-29-14-10-21)25-17(2)18-7-5-8-19(15-18)26-12-6-11-24-26/h5-8,11-12,15,17H,4,9-10,13-14,16H2,1-3H3,(H2,22,23,25). The van der Waals surface area contributed by atoms with E-state index in [1.165, 1.54) is 6.26 Å². The molecule has 9 heteroatoms. The zero-order valence-corrected chi connectivity index (χ0v) is 18.7. The molecular formula is C21H31N5O3S. The van der Waals surface area contributed by atoms with Crippen molar-refractivity contribution < 1.29 is 13.2 Å². The summed E-state index contributed by atoms with van der Waals surface area (Å²) in [6.45, 7) is 5.83. The molecule has 1 aromatic carbocycles. The topological polar surface area (TPSA) is 97.6 Å². The van der Waals surface area contributed by atoms with Crippen molar-refractivity contribution in [1.29, 1.82) is 0 Å². The molecule has 0 spiro atoms. The highest BCUT2D eigenvalue weighted by molar-refractivity contribution is 7.92. The second-order valence-electron chi connectivity index (χ2n) is 7.67. The number of nitrogens with zero attached hydrogens (tertiary/aromatic N) is 3. The van der Waals surface area contributed by atoms with Gasteiger partial charge in [-0.25, -0.2) is 13.1 Å². The third-order valence-corrected chi connectivity index (χ3v) is 7.66. The molecule has 0 aliphatic carbocycles. The maximum atomic E-state index is 12.5. The van der Waals surface area contributed by atoms with Gasteiger partial charge in [-0.3, -0.25) is 4.99 Å². The van der Waals surface area contributed by atoms with Crippen LogP contribution in [-0.4, -0.2) is 61.5 Å². The van der Waals surface area contributed by atoms with Gasteiger partial charge < -0.3 is 15.4 Å². The largest absolute Gasteiger partial charge is 0.381 e. The predicted molar refractivity (Wildman–Crippen MR) is 119 cm³/mol. The van der Waals surface area contributed by atoms with Gasteiger partial charge in [-0.05, 0) is 50.5 Å². The lowest BCUT2D eigenvalue weighted by atomic mass is 9.99. The quantitative estimate of drug-likeness (QED) is 0.513. The zero-order valence-electron chi connectivity index (χ0n) is 17.8. The molecule has 164 valence electrons. The molecule has 2 N–H and O–H groups in total. The first kappa shape index (κ1) is 22.3. The van der Waals surface area contributed by atoms with Crippen LogP contribution in [0.15, 0.2) is 47.7 Å². The average Bonchev–Trinajstić information content (AvgIpc) is 3.27. The number of sulfone groups is 1. The van der Waals surface area contributed by atoms with E-state index in [0.29, 0.717) is 38.6 Å². The van der Waals surface area contributed by atoms with E-state index in [2.05, 4.69) is 33.7 Å². The van der Waals surface area contributed by atoms with E-state index in [1.807, 2.05) is 42.1 Å². The van der Waals surface area contributed by atoms with Crippen molar-refractivity contribution in [3.05, 3.63) is 48.3 Å². The Hall–Kier alpha value is -2.39. The summed E-state index contributed by atoms with van der Waals surface area (Å²) in [5, 5.41) is 10.9. The monoisotopic (exact) mass is 433 g/mol. The number of nitrogens with one attached hydrogen (secondary N) is 2. The van der Waals surface area contributed by atoms with Crippen LogP contribution in [0, 0.1) is 0 Å². The van der Waals surface area contributed by atoms with E-state index in [1.54, 1.807) is 6.20 Å². The van der Waals surface area contributed by atoms with Crippen LogP contribution in [0.3, 0.4) is 0 Å². The van der Waals surface area contributed by atoms with E-state index in [4.69, 9.17) is 4.74 Å². The van der Waals surface area contributed by atoms with Gasteiger partial charge in [0.25, 0.3) is 0 Å². The number of aromatic nitrogens is 2. The summed E-state index contributed by atoms with van der Waals surface area (Å²) in [4.78, 5) is 4.66. The molecule has 3 rings (SSSR count). The van der Waals surface area contributed by atoms with Crippen LogP contribution < -0.4 is 10.6 Å². The van der Waals surface area contributed by atoms with E-state index >= 15 is 0 Å². The van der Waals surface area contributed by atoms with E-state index in [-0.39, 0.29) is 12.6 Å². The molecule has 0 radical (unpaired) electrons. The molecule has 1 fully saturated rings. The van der Waals surface area contributed by atoms with E-state index in [9.17, 15) is 8.42 Å². The Morgan fingerprint density at radius 2 is 2.10 bits per heavy atom. The minimum atomic E-state index is -3.26. The molecule has 2 aromatic rings. The van der Waals surface area contributed by atoms with Gasteiger partial charge in [-0.1, -0.05) is 12.1 Å². The maximum absolute atomic E-state index is 12.5. The maximum Gasteiger partial charge on any atom is 0.191 e. The Morgan fingerprint density at radius 1 is 1.33 bits per heavy atom. The summed E-state index contributed by atoms with van der Waals surface area (Å²) in [6, 6.07) is 9.98. The summed E-state index contributed by atoms with van der Waals surface area (Å²) in [7, 11) is -3.26. The van der Waals surface area contributed by atoms with Gasteiger partial charge in [0.1, 0.15) is 0 Å². The molecule has 1 saturated heterocycles. The normalized spacial score (nSPS) is 18.0. The van der Waals surface area contributed by atoms with Crippen molar-refractivity contribution in [3.63, 3.8) is 0 Å². The lowest BCUT2D eigenvalue weighted by molar-refractivity contribution is 0.0768. The van der Waals surface area contributed by atoms with Gasteiger partial charge >= 0.3 is 0 Å². The van der Waals surface area contributed by atoms with Gasteiger partial charge in [-0.15, -0.1) is 0 Å². The lowest BCUT2D eigenvalue weighted by Gasteiger charge is -2.34. The molecule has 1 aromatic heterocycles. The molecule has 1 aliphatic rings. The Kier molecular flexibility index (Phi) is 7.14. The Balaban J connectivity index is 1.77. The first-order valence-electron chi connectivity index (χ1n) is 10.3. The van der Waals surface area contributed by atoms with Crippen LogP contribution in [0.5, 0.6) is 0 Å². The number of aliphatic imine (C=N–C) groups is 1. The second kappa shape index (κ2) is 9.61. The summed E-state index contributed by atoms with van der Waals surface area (Å²) in [5.41, 5.74) is 2.06. The SMILES string of the molecule is CCNC(=NCC1(S(C)(=O)=O)CCOCC1)NC(C)c1cccc(-n2cccn2)c1. The van der Waals surface area contributed by atoms with Crippen LogP contribution >= 0.6 is 0 Å². The molecular weight excluding hydrogens is 402 g/mol. The number of ether oxygens (including phenoxy) is 1. The number of hydrogen-bond donors (Lipinski definition) is 2. The predicted octanol–water partition coefficient (Wildman–Crippen LogP) is 2.08. The first-order valence-corrected chi connectivity index (χ1v) is 12.2. The van der Waals surface area contributed by atoms with Crippen molar-refractivity contribution in [2.75, 3.05) is 32.6 Å². The Bertz CT molecular complexity index is 951. The van der Waals surface area contributed by atoms with Gasteiger partial charge in [0.2, 0.25) is 0 Å². The van der Waals surface area contributed by atoms with Crippen LogP contribution in [0.2, 0.25) is 0 Å². The van der Waals surface area contributed by atoms with Crippen molar-refractivity contribution >= 4 is 15.8 Å². The third-order valence-electron chi connectivity index (χ3n) is 5.55. The molecule has 2 heterocycles. The van der Waals surface area contributed by atoms with Crippen molar-refractivity contribution in [2.45, 2.75) is 37.5 Å². The number of hydrogen-bond acceptors (Lipinski definition) is 5. The highest BCUT2D eigenvalue weighted by atomic mass is 32.2. The van der Waals surface area contributed by atoms with E-state index < -0.39 is 14.6 Å². The van der Waals surface area contributed by atoms with E-state index in [0.717, 1.165) is 11.3 Å². The molecule has 8 nitrogen and oxygen atoms in total. The summed E-state index contributed by atoms with van der Waals surface area (Å²) in [5.74, 6) is 0.601. The fraction of sp³-hybridized carbons (Fsp3) is 0.524. The smallest absolute Gasteiger partial charge is 0.191 e. The second-order valence-corrected chi connectivity index (χ2v) is 10.1. The highest BCUT2D eigenvalue weighted by Crippen LogP contribution is 2.29. The molecule has 1 atom stereocenters. The molecule has 1 aliphatic heterocycles. The summed E-state index contributed by atoms with van der Waals surface area (Å²) in [6.07, 6.45) is 5.89. The summed E-state index contributed by atoms with van der Waals surface area (Å²) < 4.78 is 31.3. The fourth-order valence-corrected chi connectivity index (χ4v) is 4.79. The zero-order chi connectivity index (χ0) is 21.6. The average molecular weight is 434 g/mol. The molecule has 1 unspecified atom stereocenters. The van der Waals surface area contributed by atoms with Gasteiger partial charge in [-0.2, -0.15) is 5.10 Å². The minimum absolute atomic E-state index is 0.0258. The van der Waals surface area contributed by atoms with Gasteiger partial charge in [0.15, 0.2) is 15.8 Å². The Morgan fingerprint density at radius 3 is 2.73 bits per heavy atom. The van der Waals surface area contributed by atoms with Crippen LogP contribution in [0.25, 0.3) is 5.69 Å². The van der Waals surface area contributed by atoms with Crippen LogP contribution in [-0.2, 0) is 14.6 Å². The lowest BCUT2D eigenvalue weighted by Crippen LogP contribution is -2.47. The third kappa shape index (κ3) is 5.20. The van der Waals surface area contributed by atoms with Crippen LogP contribution in [0.1, 0.15) is 38.3 Å². The highest BCUT2D eigenvalue weighted by Gasteiger charge is 2.42. The molecule has 0 saturated carbocycles.